The Labute approximate surface area is 123 Å². The minimum Gasteiger partial charge on any atom is -0.337 e. The molecular weight excluding hydrogens is 246 g/mol. The van der Waals surface area contributed by atoms with Crippen molar-refractivity contribution in [2.45, 2.75) is 70.4 Å². The van der Waals surface area contributed by atoms with Gasteiger partial charge in [0.2, 0.25) is 0 Å². The lowest BCUT2D eigenvalue weighted by Crippen LogP contribution is -2.39. The van der Waals surface area contributed by atoms with E-state index in [4.69, 9.17) is 0 Å². The number of unbranched alkanes of at least 4 members (excludes halogenated alkanes) is 1. The van der Waals surface area contributed by atoms with Crippen LogP contribution in [0.4, 0.5) is 0 Å². The molecule has 2 aliphatic rings. The Kier molecular flexibility index (Phi) is 5.12. The van der Waals surface area contributed by atoms with Crippen LogP contribution in [-0.2, 0) is 6.54 Å². The second-order valence-corrected chi connectivity index (χ2v) is 6.78. The first-order valence-electron chi connectivity index (χ1n) is 8.61. The van der Waals surface area contributed by atoms with Crippen LogP contribution in [0.5, 0.6) is 0 Å². The topological polar surface area (TPSA) is 29.9 Å². The molecule has 3 nitrogen and oxygen atoms in total. The van der Waals surface area contributed by atoms with E-state index < -0.39 is 0 Å². The van der Waals surface area contributed by atoms with E-state index >= 15 is 0 Å². The quantitative estimate of drug-likeness (QED) is 0.804. The number of rotatable bonds is 6. The summed E-state index contributed by atoms with van der Waals surface area (Å²) in [7, 11) is 0. The Morgan fingerprint density at radius 1 is 1.05 bits per heavy atom. The van der Waals surface area contributed by atoms with Crippen LogP contribution in [-0.4, -0.2) is 22.1 Å². The summed E-state index contributed by atoms with van der Waals surface area (Å²) >= 11 is 0. The highest BCUT2D eigenvalue weighted by Gasteiger charge is 2.31. The lowest BCUT2D eigenvalue weighted by molar-refractivity contribution is 0.143. The summed E-state index contributed by atoms with van der Waals surface area (Å²) in [5.74, 6) is 2.11. The fraction of sp³-hybridized carbons (Fsp3) is 0.824. The molecule has 0 amide bonds. The second-order valence-electron chi connectivity index (χ2n) is 6.78. The molecule has 3 atom stereocenters. The van der Waals surface area contributed by atoms with Gasteiger partial charge in [0.15, 0.2) is 0 Å². The highest BCUT2D eigenvalue weighted by atomic mass is 15.0. The van der Waals surface area contributed by atoms with Crippen molar-refractivity contribution in [3.05, 3.63) is 18.7 Å². The van der Waals surface area contributed by atoms with Gasteiger partial charge in [0.25, 0.3) is 0 Å². The first-order chi connectivity index (χ1) is 9.92. The molecule has 0 saturated heterocycles. The van der Waals surface area contributed by atoms with Crippen LogP contribution in [0.3, 0.4) is 0 Å². The number of fused-ring (bicyclic) bond motifs is 1. The van der Waals surface area contributed by atoms with Crippen molar-refractivity contribution in [2.75, 3.05) is 6.54 Å². The summed E-state index contributed by atoms with van der Waals surface area (Å²) in [5.41, 5.74) is 0. The van der Waals surface area contributed by atoms with Gasteiger partial charge in [-0.1, -0.05) is 25.7 Å². The average molecular weight is 275 g/mol. The zero-order valence-corrected chi connectivity index (χ0v) is 12.6. The molecule has 3 unspecified atom stereocenters. The summed E-state index contributed by atoms with van der Waals surface area (Å²) in [5, 5.41) is 3.81. The predicted octanol–water partition coefficient (Wildman–Crippen LogP) is 3.61. The summed E-state index contributed by atoms with van der Waals surface area (Å²) in [6, 6.07) is 0.808. The van der Waals surface area contributed by atoms with Crippen LogP contribution >= 0.6 is 0 Å². The van der Waals surface area contributed by atoms with Crippen molar-refractivity contribution in [1.29, 1.82) is 0 Å². The van der Waals surface area contributed by atoms with Gasteiger partial charge >= 0.3 is 0 Å². The third kappa shape index (κ3) is 3.85. The highest BCUT2D eigenvalue weighted by molar-refractivity contribution is 4.86. The number of imidazole rings is 1. The molecule has 0 bridgehead atoms. The van der Waals surface area contributed by atoms with E-state index in [2.05, 4.69) is 21.1 Å². The molecule has 2 saturated carbocycles. The fourth-order valence-electron chi connectivity index (χ4n) is 4.20. The molecule has 112 valence electrons. The number of nitrogens with zero attached hydrogens (tertiary/aromatic N) is 2. The second kappa shape index (κ2) is 7.26. The molecule has 1 aromatic heterocycles. The molecule has 0 radical (unpaired) electrons. The largest absolute Gasteiger partial charge is 0.337 e. The van der Waals surface area contributed by atoms with Gasteiger partial charge in [0.1, 0.15) is 0 Å². The minimum absolute atomic E-state index is 0.808. The van der Waals surface area contributed by atoms with E-state index in [1.165, 1.54) is 64.3 Å². The molecule has 1 aromatic rings. The van der Waals surface area contributed by atoms with Crippen LogP contribution in [0.1, 0.15) is 57.8 Å². The lowest BCUT2D eigenvalue weighted by atomic mass is 9.69. The first-order valence-corrected chi connectivity index (χ1v) is 8.61. The van der Waals surface area contributed by atoms with Gasteiger partial charge in [-0.25, -0.2) is 4.98 Å². The molecule has 0 spiro atoms. The summed E-state index contributed by atoms with van der Waals surface area (Å²) in [6.07, 6.45) is 18.7. The third-order valence-corrected chi connectivity index (χ3v) is 5.37. The number of hydrogen-bond donors (Lipinski definition) is 1. The molecule has 0 aliphatic heterocycles. The van der Waals surface area contributed by atoms with E-state index in [9.17, 15) is 0 Å². The number of aromatic nitrogens is 2. The summed E-state index contributed by atoms with van der Waals surface area (Å²) in [6.45, 7) is 2.30. The van der Waals surface area contributed by atoms with Crippen LogP contribution in [0.25, 0.3) is 0 Å². The molecule has 0 aromatic carbocycles. The molecule has 3 heteroatoms. The van der Waals surface area contributed by atoms with Crippen molar-refractivity contribution in [3.63, 3.8) is 0 Å². The van der Waals surface area contributed by atoms with Crippen molar-refractivity contribution >= 4 is 0 Å². The highest BCUT2D eigenvalue weighted by Crippen LogP contribution is 2.40. The van der Waals surface area contributed by atoms with Crippen molar-refractivity contribution in [1.82, 2.24) is 14.9 Å². The van der Waals surface area contributed by atoms with E-state index in [-0.39, 0.29) is 0 Å². The smallest absolute Gasteiger partial charge is 0.0945 e. The maximum Gasteiger partial charge on any atom is 0.0945 e. The molecule has 1 heterocycles. The van der Waals surface area contributed by atoms with Crippen LogP contribution in [0.2, 0.25) is 0 Å². The van der Waals surface area contributed by atoms with E-state index in [0.29, 0.717) is 0 Å². The minimum atomic E-state index is 0.808. The summed E-state index contributed by atoms with van der Waals surface area (Å²) in [4.78, 5) is 4.08. The number of nitrogens with one attached hydrogen (secondary N) is 1. The molecular formula is C17H29N3. The lowest BCUT2D eigenvalue weighted by Gasteiger charge is -2.39. The zero-order chi connectivity index (χ0) is 13.6. The normalized spacial score (nSPS) is 30.1. The number of hydrogen-bond acceptors (Lipinski definition) is 2. The van der Waals surface area contributed by atoms with Crippen molar-refractivity contribution < 1.29 is 0 Å². The Hall–Kier alpha value is -0.830. The van der Waals surface area contributed by atoms with E-state index in [1.807, 2.05) is 12.5 Å². The fourth-order valence-corrected chi connectivity index (χ4v) is 4.20. The maximum atomic E-state index is 4.08. The van der Waals surface area contributed by atoms with Crippen LogP contribution < -0.4 is 5.32 Å². The van der Waals surface area contributed by atoms with Gasteiger partial charge in [-0.15, -0.1) is 0 Å². The zero-order valence-electron chi connectivity index (χ0n) is 12.6. The Morgan fingerprint density at radius 2 is 1.95 bits per heavy atom. The third-order valence-electron chi connectivity index (χ3n) is 5.37. The van der Waals surface area contributed by atoms with Crippen LogP contribution in [0, 0.1) is 11.8 Å². The van der Waals surface area contributed by atoms with Gasteiger partial charge < -0.3 is 9.88 Å². The monoisotopic (exact) mass is 275 g/mol. The first kappa shape index (κ1) is 14.1. The SMILES string of the molecule is c1cn(CCCCNC2CCC3CCCCC3C2)cn1. The van der Waals surface area contributed by atoms with Crippen molar-refractivity contribution in [3.8, 4) is 0 Å². The Morgan fingerprint density at radius 3 is 2.80 bits per heavy atom. The standard InChI is InChI=1S/C17H29N3/c1-2-6-16-13-17(8-7-15(16)5-1)19-9-3-4-11-20-12-10-18-14-20/h10,12,14-17,19H,1-9,11,13H2. The number of aryl methyl sites for hydroxylation is 1. The van der Waals surface area contributed by atoms with Gasteiger partial charge in [0, 0.05) is 25.0 Å². The molecule has 2 fully saturated rings. The molecule has 20 heavy (non-hydrogen) atoms. The average Bonchev–Trinajstić information content (AvgIpc) is 3.00. The van der Waals surface area contributed by atoms with Crippen LogP contribution in [0.15, 0.2) is 18.7 Å². The van der Waals surface area contributed by atoms with Gasteiger partial charge in [-0.2, -0.15) is 0 Å². The Bertz CT molecular complexity index is 374. The van der Waals surface area contributed by atoms with E-state index in [1.54, 1.807) is 0 Å². The van der Waals surface area contributed by atoms with Gasteiger partial charge in [-0.3, -0.25) is 0 Å². The molecule has 2 aliphatic carbocycles. The van der Waals surface area contributed by atoms with E-state index in [0.717, 1.165) is 24.4 Å². The molecule has 3 rings (SSSR count). The van der Waals surface area contributed by atoms with Crippen molar-refractivity contribution in [2.24, 2.45) is 11.8 Å². The van der Waals surface area contributed by atoms with Gasteiger partial charge in [0.05, 0.1) is 6.33 Å². The molecule has 1 N–H and O–H groups in total. The Balaban J connectivity index is 1.29. The maximum absolute atomic E-state index is 4.08. The predicted molar refractivity (Wildman–Crippen MR) is 82.6 cm³/mol. The van der Waals surface area contributed by atoms with Gasteiger partial charge in [-0.05, 0) is 50.5 Å². The summed E-state index contributed by atoms with van der Waals surface area (Å²) < 4.78 is 2.17.